The number of nitrogens with zero attached hydrogens (tertiary/aromatic N) is 1. The Bertz CT molecular complexity index is 613. The minimum absolute atomic E-state index is 0.0110. The third-order valence-corrected chi connectivity index (χ3v) is 4.54. The van der Waals surface area contributed by atoms with Gasteiger partial charge in [-0.05, 0) is 37.8 Å². The third kappa shape index (κ3) is 2.67. The maximum absolute atomic E-state index is 12.1. The predicted octanol–water partition coefficient (Wildman–Crippen LogP) is 3.37. The van der Waals surface area contributed by atoms with Crippen LogP contribution in [-0.2, 0) is 12.8 Å². The molecule has 1 aromatic carbocycles. The highest BCUT2D eigenvalue weighted by Gasteiger charge is 2.17. The molecule has 0 atom stereocenters. The van der Waals surface area contributed by atoms with Gasteiger partial charge in [-0.15, -0.1) is 11.3 Å². The van der Waals surface area contributed by atoms with Gasteiger partial charge >= 0.3 is 0 Å². The van der Waals surface area contributed by atoms with Crippen LogP contribution in [0, 0.1) is 0 Å². The van der Waals surface area contributed by atoms with Crippen molar-refractivity contribution in [3.63, 3.8) is 0 Å². The van der Waals surface area contributed by atoms with Crippen LogP contribution in [-0.4, -0.2) is 16.0 Å². The summed E-state index contributed by atoms with van der Waals surface area (Å²) in [7, 11) is 0. The van der Waals surface area contributed by atoms with Crippen molar-refractivity contribution in [2.24, 2.45) is 0 Å². The molecule has 1 amide bonds. The van der Waals surface area contributed by atoms with E-state index in [9.17, 15) is 9.90 Å². The summed E-state index contributed by atoms with van der Waals surface area (Å²) >= 11 is 1.55. The van der Waals surface area contributed by atoms with Crippen LogP contribution in [0.25, 0.3) is 0 Å². The minimum Gasteiger partial charge on any atom is -0.507 e. The second-order valence-electron chi connectivity index (χ2n) is 4.92. The molecule has 3 rings (SSSR count). The highest BCUT2D eigenvalue weighted by molar-refractivity contribution is 7.15. The summed E-state index contributed by atoms with van der Waals surface area (Å²) in [4.78, 5) is 17.9. The number of aryl methyl sites for hydroxylation is 2. The molecule has 0 unspecified atom stereocenters. The lowest BCUT2D eigenvalue weighted by Gasteiger charge is -2.03. The van der Waals surface area contributed by atoms with Crippen LogP contribution >= 0.6 is 11.3 Å². The number of aromatic nitrogens is 1. The molecular formula is C15H16N2O2S. The number of phenols is 1. The monoisotopic (exact) mass is 288 g/mol. The van der Waals surface area contributed by atoms with E-state index in [1.165, 1.54) is 30.2 Å². The Morgan fingerprint density at radius 1 is 1.20 bits per heavy atom. The van der Waals surface area contributed by atoms with Crippen LogP contribution in [0.1, 0.15) is 40.2 Å². The smallest absolute Gasteiger partial charge is 0.261 e. The van der Waals surface area contributed by atoms with Crippen molar-refractivity contribution in [3.05, 3.63) is 40.4 Å². The normalized spacial score (nSPS) is 14.4. The number of aromatic hydroxyl groups is 1. The highest BCUT2D eigenvalue weighted by atomic mass is 32.1. The molecule has 1 aromatic heterocycles. The Labute approximate surface area is 121 Å². The van der Waals surface area contributed by atoms with Crippen LogP contribution in [0.5, 0.6) is 5.75 Å². The fraction of sp³-hybridized carbons (Fsp3) is 0.333. The molecule has 1 aliphatic rings. The lowest BCUT2D eigenvalue weighted by atomic mass is 10.2. The van der Waals surface area contributed by atoms with Crippen LogP contribution in [0.3, 0.4) is 0 Å². The molecular weight excluding hydrogens is 272 g/mol. The van der Waals surface area contributed by atoms with E-state index in [0.717, 1.165) is 18.5 Å². The van der Waals surface area contributed by atoms with Crippen molar-refractivity contribution in [2.45, 2.75) is 32.1 Å². The molecule has 0 bridgehead atoms. The first-order valence-electron chi connectivity index (χ1n) is 6.82. The molecule has 0 aliphatic heterocycles. The van der Waals surface area contributed by atoms with Gasteiger partial charge in [0.1, 0.15) is 5.75 Å². The van der Waals surface area contributed by atoms with E-state index in [0.29, 0.717) is 5.13 Å². The van der Waals surface area contributed by atoms with Gasteiger partial charge in [0, 0.05) is 4.88 Å². The molecule has 1 heterocycles. The fourth-order valence-corrected chi connectivity index (χ4v) is 3.46. The number of thiazole rings is 1. The SMILES string of the molecule is O=C(Nc1nc2c(s1)CCCCC2)c1ccccc1O. The van der Waals surface area contributed by atoms with Gasteiger partial charge in [0.15, 0.2) is 5.13 Å². The molecule has 2 N–H and O–H groups in total. The second kappa shape index (κ2) is 5.63. The largest absolute Gasteiger partial charge is 0.507 e. The average molecular weight is 288 g/mol. The lowest BCUT2D eigenvalue weighted by Crippen LogP contribution is -2.11. The molecule has 20 heavy (non-hydrogen) atoms. The number of para-hydroxylation sites is 1. The van der Waals surface area contributed by atoms with E-state index in [1.807, 2.05) is 0 Å². The first-order valence-corrected chi connectivity index (χ1v) is 7.63. The van der Waals surface area contributed by atoms with Gasteiger partial charge in [0.2, 0.25) is 0 Å². The zero-order valence-electron chi connectivity index (χ0n) is 11.1. The summed E-state index contributed by atoms with van der Waals surface area (Å²) in [6.07, 6.45) is 5.67. The lowest BCUT2D eigenvalue weighted by molar-refractivity contribution is 0.102. The Kier molecular flexibility index (Phi) is 3.69. The van der Waals surface area contributed by atoms with Gasteiger partial charge in [-0.25, -0.2) is 4.98 Å². The third-order valence-electron chi connectivity index (χ3n) is 3.46. The molecule has 0 fully saturated rings. The second-order valence-corrected chi connectivity index (χ2v) is 6.00. The molecule has 0 saturated heterocycles. The van der Waals surface area contributed by atoms with E-state index < -0.39 is 0 Å². The van der Waals surface area contributed by atoms with Gasteiger partial charge in [-0.1, -0.05) is 18.6 Å². The number of carbonyl (C=O) groups is 1. The standard InChI is InChI=1S/C15H16N2O2S/c18-12-8-5-4-6-10(12)14(19)17-15-16-11-7-2-1-3-9-13(11)20-15/h4-6,8,18H,1-3,7,9H2,(H,16,17,19). The molecule has 5 heteroatoms. The number of rotatable bonds is 2. The van der Waals surface area contributed by atoms with Crippen LogP contribution < -0.4 is 5.32 Å². The summed E-state index contributed by atoms with van der Waals surface area (Å²) < 4.78 is 0. The maximum Gasteiger partial charge on any atom is 0.261 e. The van der Waals surface area contributed by atoms with E-state index in [1.54, 1.807) is 29.5 Å². The summed E-state index contributed by atoms with van der Waals surface area (Å²) in [6.45, 7) is 0. The number of phenolic OH excluding ortho intramolecular Hbond substituents is 1. The van der Waals surface area contributed by atoms with Gasteiger partial charge < -0.3 is 5.11 Å². The van der Waals surface area contributed by atoms with Crippen molar-refractivity contribution < 1.29 is 9.90 Å². The quantitative estimate of drug-likeness (QED) is 0.833. The molecule has 0 saturated carbocycles. The zero-order chi connectivity index (χ0) is 13.9. The molecule has 104 valence electrons. The molecule has 1 aliphatic carbocycles. The number of carbonyl (C=O) groups excluding carboxylic acids is 1. The number of anilines is 1. The summed E-state index contributed by atoms with van der Waals surface area (Å²) in [5, 5.41) is 13.1. The van der Waals surface area contributed by atoms with Crippen LogP contribution in [0.15, 0.2) is 24.3 Å². The molecule has 0 spiro atoms. The molecule has 2 aromatic rings. The summed E-state index contributed by atoms with van der Waals surface area (Å²) in [6, 6.07) is 6.53. The Morgan fingerprint density at radius 3 is 2.85 bits per heavy atom. The molecule has 4 nitrogen and oxygen atoms in total. The predicted molar refractivity (Wildman–Crippen MR) is 79.4 cm³/mol. The first kappa shape index (κ1) is 13.1. The van der Waals surface area contributed by atoms with Gasteiger partial charge in [-0.3, -0.25) is 10.1 Å². The van der Waals surface area contributed by atoms with Crippen molar-refractivity contribution in [2.75, 3.05) is 5.32 Å². The van der Waals surface area contributed by atoms with Gasteiger partial charge in [0.05, 0.1) is 11.3 Å². The number of fused-ring (bicyclic) bond motifs is 1. The van der Waals surface area contributed by atoms with Crippen molar-refractivity contribution >= 4 is 22.4 Å². The minimum atomic E-state index is -0.313. The average Bonchev–Trinajstić information content (AvgIpc) is 2.68. The zero-order valence-corrected chi connectivity index (χ0v) is 11.9. The number of amides is 1. The maximum atomic E-state index is 12.1. The number of nitrogens with one attached hydrogen (secondary N) is 1. The van der Waals surface area contributed by atoms with Crippen LogP contribution in [0.4, 0.5) is 5.13 Å². The topological polar surface area (TPSA) is 62.2 Å². The highest BCUT2D eigenvalue weighted by Crippen LogP contribution is 2.29. The fourth-order valence-electron chi connectivity index (χ4n) is 2.41. The summed E-state index contributed by atoms with van der Waals surface area (Å²) in [5.74, 6) is -0.324. The van der Waals surface area contributed by atoms with Gasteiger partial charge in [0.25, 0.3) is 5.91 Å². The van der Waals surface area contributed by atoms with E-state index in [2.05, 4.69) is 10.3 Å². The van der Waals surface area contributed by atoms with E-state index >= 15 is 0 Å². The van der Waals surface area contributed by atoms with Gasteiger partial charge in [-0.2, -0.15) is 0 Å². The van der Waals surface area contributed by atoms with Crippen molar-refractivity contribution in [1.82, 2.24) is 4.98 Å². The van der Waals surface area contributed by atoms with Crippen molar-refractivity contribution in [3.8, 4) is 5.75 Å². The van der Waals surface area contributed by atoms with E-state index in [-0.39, 0.29) is 17.2 Å². The number of hydrogen-bond acceptors (Lipinski definition) is 4. The number of hydrogen-bond donors (Lipinski definition) is 2. The molecule has 0 radical (unpaired) electrons. The number of benzene rings is 1. The first-order chi connectivity index (χ1) is 9.74. The van der Waals surface area contributed by atoms with Crippen LogP contribution in [0.2, 0.25) is 0 Å². The summed E-state index contributed by atoms with van der Waals surface area (Å²) in [5.41, 5.74) is 1.40. The Morgan fingerprint density at radius 2 is 2.00 bits per heavy atom. The van der Waals surface area contributed by atoms with E-state index in [4.69, 9.17) is 0 Å². The Balaban J connectivity index is 1.78. The Hall–Kier alpha value is -1.88. The van der Waals surface area contributed by atoms with Crippen molar-refractivity contribution in [1.29, 1.82) is 0 Å².